The SMILES string of the molecule is CC1(C)[C@@H](OC=O)CC[C@]2(C)[C@H]3C(=O)C=C4C(CC[C@H]5CC[C@](C)(C(=O)NCCCN)C[C@@H]45)[C@]3(C)CC[C@@H]12. The number of allylic oxidation sites excluding steroid dienone is 2. The number of carbonyl (C=O) groups excluding carboxylic acids is 3. The molecule has 9 atom stereocenters. The molecule has 1 amide bonds. The van der Waals surface area contributed by atoms with Crippen LogP contribution in [0.15, 0.2) is 11.6 Å². The molecule has 5 rings (SSSR count). The van der Waals surface area contributed by atoms with Crippen LogP contribution in [0.5, 0.6) is 0 Å². The highest BCUT2D eigenvalue weighted by Crippen LogP contribution is 2.70. The number of hydrogen-bond donors (Lipinski definition) is 2. The summed E-state index contributed by atoms with van der Waals surface area (Å²) in [6, 6.07) is 0. The third-order valence-corrected chi connectivity index (χ3v) is 12.5. The van der Waals surface area contributed by atoms with Gasteiger partial charge in [-0.05, 0) is 111 Å². The van der Waals surface area contributed by atoms with Crippen LogP contribution in [-0.2, 0) is 19.1 Å². The Kier molecular flexibility index (Phi) is 7.14. The van der Waals surface area contributed by atoms with E-state index in [1.807, 2.05) is 0 Å². The van der Waals surface area contributed by atoms with Crippen LogP contribution in [0.25, 0.3) is 0 Å². The normalized spacial score (nSPS) is 45.4. The number of amides is 1. The lowest BCUT2D eigenvalue weighted by atomic mass is 9.37. The zero-order valence-electron chi connectivity index (χ0n) is 24.3. The number of carbonyl (C=O) groups is 3. The van der Waals surface area contributed by atoms with E-state index < -0.39 is 0 Å². The van der Waals surface area contributed by atoms with E-state index in [1.54, 1.807) is 0 Å². The Bertz CT molecular complexity index is 1010. The minimum Gasteiger partial charge on any atom is -0.464 e. The Balaban J connectivity index is 1.45. The Hall–Kier alpha value is -1.69. The maximum absolute atomic E-state index is 14.3. The van der Waals surface area contributed by atoms with Crippen molar-refractivity contribution in [3.8, 4) is 0 Å². The van der Waals surface area contributed by atoms with E-state index in [4.69, 9.17) is 10.5 Å². The zero-order valence-corrected chi connectivity index (χ0v) is 24.3. The number of ether oxygens (including phenoxy) is 1. The molecule has 0 aromatic heterocycles. The van der Waals surface area contributed by atoms with Crippen LogP contribution >= 0.6 is 0 Å². The highest BCUT2D eigenvalue weighted by Gasteiger charge is 2.66. The fraction of sp³-hybridized carbons (Fsp3) is 0.844. The van der Waals surface area contributed by atoms with Gasteiger partial charge in [0, 0.05) is 23.3 Å². The Morgan fingerprint density at radius 1 is 1.05 bits per heavy atom. The van der Waals surface area contributed by atoms with Gasteiger partial charge in [0.05, 0.1) is 0 Å². The molecule has 3 N–H and O–H groups in total. The minimum atomic E-state index is -0.385. The molecule has 0 aromatic rings. The predicted octanol–water partition coefficient (Wildman–Crippen LogP) is 5.19. The van der Waals surface area contributed by atoms with E-state index in [-0.39, 0.29) is 39.6 Å². The van der Waals surface area contributed by atoms with Crippen LogP contribution in [-0.4, -0.2) is 37.4 Å². The average molecular weight is 527 g/mol. The maximum atomic E-state index is 14.3. The second kappa shape index (κ2) is 9.74. The molecule has 4 fully saturated rings. The van der Waals surface area contributed by atoms with Crippen molar-refractivity contribution in [3.63, 3.8) is 0 Å². The summed E-state index contributed by atoms with van der Waals surface area (Å²) in [5, 5.41) is 3.14. The van der Waals surface area contributed by atoms with Gasteiger partial charge in [0.2, 0.25) is 5.91 Å². The first kappa shape index (κ1) is 27.9. The lowest BCUT2D eigenvalue weighted by Crippen LogP contribution is -2.63. The highest BCUT2D eigenvalue weighted by atomic mass is 16.5. The average Bonchev–Trinajstić information content (AvgIpc) is 2.85. The lowest BCUT2D eigenvalue weighted by Gasteiger charge is -2.66. The molecule has 5 aliphatic rings. The predicted molar refractivity (Wildman–Crippen MR) is 148 cm³/mol. The molecule has 0 aliphatic heterocycles. The molecule has 0 spiro atoms. The molecule has 4 saturated carbocycles. The van der Waals surface area contributed by atoms with Crippen molar-refractivity contribution >= 4 is 18.2 Å². The molecular formula is C32H50N2O4. The summed E-state index contributed by atoms with van der Waals surface area (Å²) >= 11 is 0. The third-order valence-electron chi connectivity index (χ3n) is 12.5. The van der Waals surface area contributed by atoms with Crippen molar-refractivity contribution in [1.82, 2.24) is 5.32 Å². The summed E-state index contributed by atoms with van der Waals surface area (Å²) in [7, 11) is 0. The van der Waals surface area contributed by atoms with Gasteiger partial charge >= 0.3 is 0 Å². The van der Waals surface area contributed by atoms with Crippen LogP contribution < -0.4 is 11.1 Å². The molecule has 1 unspecified atom stereocenters. The van der Waals surface area contributed by atoms with Gasteiger partial charge in [-0.3, -0.25) is 14.4 Å². The first-order valence-corrected chi connectivity index (χ1v) is 15.2. The van der Waals surface area contributed by atoms with Gasteiger partial charge in [-0.1, -0.05) is 40.2 Å². The molecule has 0 saturated heterocycles. The molecule has 0 radical (unpaired) electrons. The number of ketones is 1. The Morgan fingerprint density at radius 2 is 1.79 bits per heavy atom. The summed E-state index contributed by atoms with van der Waals surface area (Å²) in [6.45, 7) is 13.2. The highest BCUT2D eigenvalue weighted by molar-refractivity contribution is 5.95. The van der Waals surface area contributed by atoms with Gasteiger partial charge < -0.3 is 15.8 Å². The molecule has 0 heterocycles. The van der Waals surface area contributed by atoms with Gasteiger partial charge in [-0.15, -0.1) is 0 Å². The Morgan fingerprint density at radius 3 is 2.50 bits per heavy atom. The monoisotopic (exact) mass is 526 g/mol. The van der Waals surface area contributed by atoms with Crippen molar-refractivity contribution in [2.75, 3.05) is 13.1 Å². The summed E-state index contributed by atoms with van der Waals surface area (Å²) < 4.78 is 5.58. The molecule has 212 valence electrons. The standard InChI is InChI=1S/C32H50N2O4/c1-29(2)25-10-13-31(4)23-8-7-20-9-12-30(3,28(37)34-16-6-15-33)18-22(20)21(23)17-24(36)27(31)32(25,5)14-11-26(29)38-19-35/h17,19-20,22-23,25-27H,6-16,18,33H2,1-5H3,(H,34,37)/t20-,22+,23?,25-,26-,27-,30-,31-,32-/m0/s1. The van der Waals surface area contributed by atoms with Crippen LogP contribution in [0, 0.1) is 51.2 Å². The second-order valence-corrected chi connectivity index (χ2v) is 14.9. The maximum Gasteiger partial charge on any atom is 0.293 e. The van der Waals surface area contributed by atoms with Gasteiger partial charge in [-0.25, -0.2) is 0 Å². The van der Waals surface area contributed by atoms with Crippen LogP contribution in [0.4, 0.5) is 0 Å². The van der Waals surface area contributed by atoms with E-state index in [9.17, 15) is 14.4 Å². The summed E-state index contributed by atoms with van der Waals surface area (Å²) in [6.07, 6.45) is 11.8. The molecule has 5 aliphatic carbocycles. The second-order valence-electron chi connectivity index (χ2n) is 14.9. The summed E-state index contributed by atoms with van der Waals surface area (Å²) in [5.41, 5.74) is 6.32. The van der Waals surface area contributed by atoms with Crippen molar-refractivity contribution in [3.05, 3.63) is 11.6 Å². The van der Waals surface area contributed by atoms with E-state index in [1.165, 1.54) is 12.0 Å². The number of fused-ring (bicyclic) bond motifs is 7. The summed E-state index contributed by atoms with van der Waals surface area (Å²) in [5.74, 6) is 2.14. The largest absolute Gasteiger partial charge is 0.464 e. The van der Waals surface area contributed by atoms with E-state index in [0.717, 1.165) is 57.8 Å². The molecule has 6 nitrogen and oxygen atoms in total. The molecular weight excluding hydrogens is 476 g/mol. The quantitative estimate of drug-likeness (QED) is 0.366. The first-order valence-electron chi connectivity index (χ1n) is 15.2. The number of hydrogen-bond acceptors (Lipinski definition) is 5. The first-order chi connectivity index (χ1) is 17.9. The van der Waals surface area contributed by atoms with Gasteiger partial charge in [0.15, 0.2) is 5.78 Å². The minimum absolute atomic E-state index is 0.00467. The van der Waals surface area contributed by atoms with Crippen LogP contribution in [0.1, 0.15) is 98.8 Å². The van der Waals surface area contributed by atoms with Crippen LogP contribution in [0.2, 0.25) is 0 Å². The summed E-state index contributed by atoms with van der Waals surface area (Å²) in [4.78, 5) is 38.7. The van der Waals surface area contributed by atoms with E-state index in [2.05, 4.69) is 46.0 Å². The third kappa shape index (κ3) is 4.10. The molecule has 0 bridgehead atoms. The zero-order chi connectivity index (χ0) is 27.5. The van der Waals surface area contributed by atoms with E-state index >= 15 is 0 Å². The number of nitrogens with two attached hydrogens (primary N) is 1. The lowest BCUT2D eigenvalue weighted by molar-refractivity contribution is -0.195. The molecule has 0 aromatic carbocycles. The van der Waals surface area contributed by atoms with Gasteiger partial charge in [0.1, 0.15) is 6.10 Å². The van der Waals surface area contributed by atoms with Crippen molar-refractivity contribution in [1.29, 1.82) is 0 Å². The fourth-order valence-electron chi connectivity index (χ4n) is 10.7. The number of rotatable bonds is 6. The Labute approximate surface area is 229 Å². The topological polar surface area (TPSA) is 98.5 Å². The van der Waals surface area contributed by atoms with Crippen molar-refractivity contribution in [2.45, 2.75) is 105 Å². The van der Waals surface area contributed by atoms with Crippen molar-refractivity contribution < 1.29 is 19.1 Å². The smallest absolute Gasteiger partial charge is 0.293 e. The van der Waals surface area contributed by atoms with Crippen LogP contribution in [0.3, 0.4) is 0 Å². The molecule has 6 heteroatoms. The van der Waals surface area contributed by atoms with E-state index in [0.29, 0.717) is 49.0 Å². The number of nitrogens with one attached hydrogen (secondary N) is 1. The van der Waals surface area contributed by atoms with Crippen molar-refractivity contribution in [2.24, 2.45) is 57.0 Å². The molecule has 38 heavy (non-hydrogen) atoms. The van der Waals surface area contributed by atoms with Gasteiger partial charge in [-0.2, -0.15) is 0 Å². The fourth-order valence-corrected chi connectivity index (χ4v) is 10.7. The van der Waals surface area contributed by atoms with Gasteiger partial charge in [0.25, 0.3) is 6.47 Å².